The summed E-state index contributed by atoms with van der Waals surface area (Å²) in [7, 11) is 0. The van der Waals surface area contributed by atoms with E-state index in [1.54, 1.807) is 0 Å². The van der Waals surface area contributed by atoms with Crippen LogP contribution in [0.25, 0.3) is 0 Å². The molecule has 0 amide bonds. The Labute approximate surface area is 66.5 Å². The lowest BCUT2D eigenvalue weighted by atomic mass is 10.2. The summed E-state index contributed by atoms with van der Waals surface area (Å²) in [5.74, 6) is 0. The van der Waals surface area contributed by atoms with Gasteiger partial charge in [-0.25, -0.2) is 0 Å². The van der Waals surface area contributed by atoms with E-state index in [-0.39, 0.29) is 0 Å². The first-order valence-corrected chi connectivity index (χ1v) is 4.37. The first-order valence-electron chi connectivity index (χ1n) is 3.46. The molecule has 0 spiro atoms. The average Bonchev–Trinajstić information content (AvgIpc) is 1.63. The van der Waals surface area contributed by atoms with Crippen LogP contribution in [0, 0.1) is 0 Å². The highest BCUT2D eigenvalue weighted by molar-refractivity contribution is 9.09. The van der Waals surface area contributed by atoms with Gasteiger partial charge in [-0.15, -0.1) is 0 Å². The second-order valence-electron chi connectivity index (χ2n) is 2.55. The summed E-state index contributed by atoms with van der Waals surface area (Å²) in [6.07, 6.45) is 4.74. The second kappa shape index (κ2) is 5.04. The molecule has 1 heteroatoms. The summed E-state index contributed by atoms with van der Waals surface area (Å²) in [5.41, 5.74) is 1.39. The predicted molar refractivity (Wildman–Crippen MR) is 47.1 cm³/mol. The second-order valence-corrected chi connectivity index (χ2v) is 3.72. The zero-order chi connectivity index (χ0) is 7.28. The fourth-order valence-corrected chi connectivity index (χ4v) is 1.71. The van der Waals surface area contributed by atoms with Gasteiger partial charge in [0, 0.05) is 4.83 Å². The first-order chi connectivity index (χ1) is 4.16. The molecular formula is C8H15Br. The molecule has 1 unspecified atom stereocenters. The fourth-order valence-electron chi connectivity index (χ4n) is 0.721. The van der Waals surface area contributed by atoms with Crippen LogP contribution in [0.4, 0.5) is 0 Å². The lowest BCUT2D eigenvalue weighted by Gasteiger charge is -2.00. The molecule has 9 heavy (non-hydrogen) atoms. The molecule has 1 atom stereocenters. The maximum absolute atomic E-state index is 3.56. The van der Waals surface area contributed by atoms with E-state index in [0.717, 1.165) is 0 Å². The molecule has 0 nitrogen and oxygen atoms in total. The number of alkyl halides is 1. The Hall–Kier alpha value is 0.220. The molecule has 0 N–H and O–H groups in total. The third-order valence-corrected chi connectivity index (χ3v) is 1.80. The van der Waals surface area contributed by atoms with Crippen molar-refractivity contribution in [3.63, 3.8) is 0 Å². The Morgan fingerprint density at radius 1 is 1.56 bits per heavy atom. The molecule has 0 saturated carbocycles. The van der Waals surface area contributed by atoms with Crippen molar-refractivity contribution in [1.82, 2.24) is 0 Å². The lowest BCUT2D eigenvalue weighted by molar-refractivity contribution is 0.832. The quantitative estimate of drug-likeness (QED) is 0.473. The van der Waals surface area contributed by atoms with Gasteiger partial charge in [0.1, 0.15) is 0 Å². The average molecular weight is 191 g/mol. The van der Waals surface area contributed by atoms with Crippen molar-refractivity contribution in [2.75, 3.05) is 0 Å². The van der Waals surface area contributed by atoms with Crippen LogP contribution in [0.3, 0.4) is 0 Å². The number of halogens is 1. The van der Waals surface area contributed by atoms with Gasteiger partial charge in [-0.05, 0) is 20.3 Å². The molecule has 0 aliphatic rings. The maximum atomic E-state index is 3.56. The zero-order valence-electron chi connectivity index (χ0n) is 6.45. The Balaban J connectivity index is 3.49. The van der Waals surface area contributed by atoms with Gasteiger partial charge in [-0.1, -0.05) is 40.9 Å². The number of hydrogen-bond acceptors (Lipinski definition) is 0. The van der Waals surface area contributed by atoms with E-state index in [1.807, 2.05) is 0 Å². The number of hydrogen-bond donors (Lipinski definition) is 0. The number of allylic oxidation sites excluding steroid dienone is 2. The van der Waals surface area contributed by atoms with E-state index in [9.17, 15) is 0 Å². The largest absolute Gasteiger partial charge is 0.0845 e. The fraction of sp³-hybridized carbons (Fsp3) is 0.750. The maximum Gasteiger partial charge on any atom is 0.0327 e. The summed E-state index contributed by atoms with van der Waals surface area (Å²) in [6, 6.07) is 0. The molecule has 0 radical (unpaired) electrons. The highest BCUT2D eigenvalue weighted by atomic mass is 79.9. The summed E-state index contributed by atoms with van der Waals surface area (Å²) >= 11 is 3.56. The molecule has 0 aliphatic heterocycles. The predicted octanol–water partition coefficient (Wildman–Crippen LogP) is 3.52. The van der Waals surface area contributed by atoms with E-state index in [4.69, 9.17) is 0 Å². The van der Waals surface area contributed by atoms with Gasteiger partial charge in [-0.2, -0.15) is 0 Å². The van der Waals surface area contributed by atoms with Crippen molar-refractivity contribution >= 4 is 15.9 Å². The molecular weight excluding hydrogens is 176 g/mol. The van der Waals surface area contributed by atoms with Crippen molar-refractivity contribution in [2.45, 2.75) is 38.4 Å². The summed E-state index contributed by atoms with van der Waals surface area (Å²) in [6.45, 7) is 6.46. The first kappa shape index (κ1) is 9.22. The molecule has 54 valence electrons. The van der Waals surface area contributed by atoms with Crippen molar-refractivity contribution in [1.29, 1.82) is 0 Å². The summed E-state index contributed by atoms with van der Waals surface area (Å²) < 4.78 is 0. The topological polar surface area (TPSA) is 0 Å². The highest BCUT2D eigenvalue weighted by Crippen LogP contribution is 2.10. The molecule has 0 bridgehead atoms. The van der Waals surface area contributed by atoms with Crippen molar-refractivity contribution in [3.05, 3.63) is 11.6 Å². The SMILES string of the molecule is CCCC(Br)C=C(C)C. The van der Waals surface area contributed by atoms with Crippen molar-refractivity contribution < 1.29 is 0 Å². The van der Waals surface area contributed by atoms with E-state index in [0.29, 0.717) is 4.83 Å². The molecule has 0 rings (SSSR count). The molecule has 0 aromatic carbocycles. The van der Waals surface area contributed by atoms with Crippen LogP contribution in [-0.2, 0) is 0 Å². The van der Waals surface area contributed by atoms with E-state index in [1.165, 1.54) is 18.4 Å². The van der Waals surface area contributed by atoms with Crippen LogP contribution in [-0.4, -0.2) is 4.83 Å². The Kier molecular flexibility index (Phi) is 5.16. The van der Waals surface area contributed by atoms with Gasteiger partial charge in [0.15, 0.2) is 0 Å². The lowest BCUT2D eigenvalue weighted by Crippen LogP contribution is -1.90. The minimum Gasteiger partial charge on any atom is -0.0845 e. The summed E-state index contributed by atoms with van der Waals surface area (Å²) in [4.78, 5) is 0.590. The molecule has 0 saturated heterocycles. The van der Waals surface area contributed by atoms with Gasteiger partial charge < -0.3 is 0 Å². The molecule has 0 aromatic heterocycles. The van der Waals surface area contributed by atoms with Gasteiger partial charge in [0.25, 0.3) is 0 Å². The standard InChI is InChI=1S/C8H15Br/c1-4-5-8(9)6-7(2)3/h6,8H,4-5H2,1-3H3. The van der Waals surface area contributed by atoms with Crippen LogP contribution < -0.4 is 0 Å². The molecule has 0 heterocycles. The minimum atomic E-state index is 0.590. The van der Waals surface area contributed by atoms with Crippen LogP contribution in [0.2, 0.25) is 0 Å². The van der Waals surface area contributed by atoms with E-state index >= 15 is 0 Å². The van der Waals surface area contributed by atoms with Crippen molar-refractivity contribution in [3.8, 4) is 0 Å². The Morgan fingerprint density at radius 2 is 2.11 bits per heavy atom. The summed E-state index contributed by atoms with van der Waals surface area (Å²) in [5, 5.41) is 0. The van der Waals surface area contributed by atoms with E-state index < -0.39 is 0 Å². The van der Waals surface area contributed by atoms with Crippen molar-refractivity contribution in [2.24, 2.45) is 0 Å². The minimum absolute atomic E-state index is 0.590. The normalized spacial score (nSPS) is 12.9. The van der Waals surface area contributed by atoms with Crippen LogP contribution in [0.1, 0.15) is 33.6 Å². The van der Waals surface area contributed by atoms with Gasteiger partial charge in [0.2, 0.25) is 0 Å². The monoisotopic (exact) mass is 190 g/mol. The van der Waals surface area contributed by atoms with Crippen LogP contribution >= 0.6 is 15.9 Å². The zero-order valence-corrected chi connectivity index (χ0v) is 8.03. The highest BCUT2D eigenvalue weighted by Gasteiger charge is 1.95. The van der Waals surface area contributed by atoms with Crippen LogP contribution in [0.15, 0.2) is 11.6 Å². The molecule has 0 aromatic rings. The smallest absolute Gasteiger partial charge is 0.0327 e. The Morgan fingerprint density at radius 3 is 2.44 bits per heavy atom. The van der Waals surface area contributed by atoms with Gasteiger partial charge >= 0.3 is 0 Å². The third-order valence-electron chi connectivity index (χ3n) is 1.08. The van der Waals surface area contributed by atoms with Crippen LogP contribution in [0.5, 0.6) is 0 Å². The van der Waals surface area contributed by atoms with Gasteiger partial charge in [0.05, 0.1) is 0 Å². The van der Waals surface area contributed by atoms with E-state index in [2.05, 4.69) is 42.8 Å². The van der Waals surface area contributed by atoms with Gasteiger partial charge in [-0.3, -0.25) is 0 Å². The molecule has 0 fully saturated rings. The third kappa shape index (κ3) is 6.10. The molecule has 0 aliphatic carbocycles. The Bertz CT molecular complexity index is 90.7. The number of rotatable bonds is 3.